The Morgan fingerprint density at radius 2 is 2.21 bits per heavy atom. The molecule has 1 aromatic heterocycles. The van der Waals surface area contributed by atoms with E-state index in [2.05, 4.69) is 31.2 Å². The first-order valence-corrected chi connectivity index (χ1v) is 4.33. The Kier molecular flexibility index (Phi) is 3.13. The van der Waals surface area contributed by atoms with Gasteiger partial charge in [-0.3, -0.25) is 10.1 Å². The molecule has 0 aliphatic carbocycles. The number of rotatable bonds is 2. The lowest BCUT2D eigenvalue weighted by Gasteiger charge is -2.01. The summed E-state index contributed by atoms with van der Waals surface area (Å²) in [6, 6.07) is 0. The highest BCUT2D eigenvalue weighted by molar-refractivity contribution is 9.10. The summed E-state index contributed by atoms with van der Waals surface area (Å²) in [5, 5.41) is 11.0. The van der Waals surface area contributed by atoms with Crippen LogP contribution in [0.1, 0.15) is 17.4 Å². The lowest BCUT2D eigenvalue weighted by Crippen LogP contribution is -2.12. The molecule has 7 heteroatoms. The number of carbonyl (C=O) groups excluding carboxylic acids is 1. The topological polar surface area (TPSA) is 92.2 Å². The number of aromatic nitrogens is 2. The molecule has 1 rings (SSSR count). The molecule has 0 fully saturated rings. The van der Waals surface area contributed by atoms with Crippen LogP contribution >= 0.6 is 15.9 Å². The Bertz CT molecular complexity index is 394. The molecule has 0 bridgehead atoms. The number of hydrogen-bond donors (Lipinski definition) is 2. The van der Waals surface area contributed by atoms with E-state index in [4.69, 9.17) is 5.11 Å². The van der Waals surface area contributed by atoms with Crippen LogP contribution in [-0.2, 0) is 4.79 Å². The van der Waals surface area contributed by atoms with Gasteiger partial charge in [0.1, 0.15) is 0 Å². The van der Waals surface area contributed by atoms with E-state index in [1.165, 1.54) is 13.1 Å². The molecule has 14 heavy (non-hydrogen) atoms. The van der Waals surface area contributed by atoms with Crippen LogP contribution in [0.3, 0.4) is 0 Å². The van der Waals surface area contributed by atoms with Gasteiger partial charge in [0, 0.05) is 13.1 Å². The average molecular weight is 260 g/mol. The van der Waals surface area contributed by atoms with E-state index in [0.29, 0.717) is 0 Å². The molecular weight excluding hydrogens is 254 g/mol. The molecule has 74 valence electrons. The highest BCUT2D eigenvalue weighted by atomic mass is 79.9. The Morgan fingerprint density at radius 3 is 2.71 bits per heavy atom. The number of carboxylic acids is 1. The third-order valence-electron chi connectivity index (χ3n) is 1.23. The molecule has 2 N–H and O–H groups in total. The fourth-order valence-corrected chi connectivity index (χ4v) is 1.10. The standard InChI is InChI=1S/C7H6BrN3O3/c1-3(12)10-7-9-2-4(8)5(11-7)6(13)14/h2H,1H3,(H,13,14)(H,9,10,11,12). The zero-order chi connectivity index (χ0) is 10.7. The van der Waals surface area contributed by atoms with Crippen molar-refractivity contribution in [1.29, 1.82) is 0 Å². The van der Waals surface area contributed by atoms with Crippen LogP contribution in [0.15, 0.2) is 10.7 Å². The van der Waals surface area contributed by atoms with Gasteiger partial charge >= 0.3 is 5.97 Å². The molecule has 0 saturated heterocycles. The van der Waals surface area contributed by atoms with Crippen LogP contribution in [0.4, 0.5) is 5.95 Å². The van der Waals surface area contributed by atoms with Crippen molar-refractivity contribution in [3.05, 3.63) is 16.4 Å². The van der Waals surface area contributed by atoms with Crippen molar-refractivity contribution < 1.29 is 14.7 Å². The Hall–Kier alpha value is -1.50. The highest BCUT2D eigenvalue weighted by Crippen LogP contribution is 2.14. The third kappa shape index (κ3) is 2.49. The van der Waals surface area contributed by atoms with Crippen molar-refractivity contribution in [2.45, 2.75) is 6.92 Å². The van der Waals surface area contributed by atoms with Crippen molar-refractivity contribution >= 4 is 33.8 Å². The van der Waals surface area contributed by atoms with E-state index in [1.807, 2.05) is 0 Å². The number of aromatic carboxylic acids is 1. The van der Waals surface area contributed by atoms with Gasteiger partial charge in [-0.05, 0) is 15.9 Å². The van der Waals surface area contributed by atoms with E-state index >= 15 is 0 Å². The summed E-state index contributed by atoms with van der Waals surface area (Å²) in [7, 11) is 0. The highest BCUT2D eigenvalue weighted by Gasteiger charge is 2.12. The molecule has 0 spiro atoms. The second-order valence-corrected chi connectivity index (χ2v) is 3.23. The first-order chi connectivity index (χ1) is 6.50. The second kappa shape index (κ2) is 4.14. The minimum Gasteiger partial charge on any atom is -0.476 e. The Labute approximate surface area is 87.5 Å². The van der Waals surface area contributed by atoms with Crippen LogP contribution in [0, 0.1) is 0 Å². The fourth-order valence-electron chi connectivity index (χ4n) is 0.735. The molecule has 0 atom stereocenters. The minimum atomic E-state index is -1.19. The van der Waals surface area contributed by atoms with E-state index < -0.39 is 5.97 Å². The van der Waals surface area contributed by atoms with Crippen LogP contribution in [0.25, 0.3) is 0 Å². The van der Waals surface area contributed by atoms with Gasteiger partial charge in [0.2, 0.25) is 11.9 Å². The number of nitrogens with zero attached hydrogens (tertiary/aromatic N) is 2. The fraction of sp³-hybridized carbons (Fsp3) is 0.143. The van der Waals surface area contributed by atoms with Gasteiger partial charge < -0.3 is 5.11 Å². The van der Waals surface area contributed by atoms with Crippen LogP contribution in [0.5, 0.6) is 0 Å². The summed E-state index contributed by atoms with van der Waals surface area (Å²) < 4.78 is 0.263. The Morgan fingerprint density at radius 1 is 1.57 bits per heavy atom. The van der Waals surface area contributed by atoms with Gasteiger partial charge in [-0.1, -0.05) is 0 Å². The lowest BCUT2D eigenvalue weighted by atomic mass is 10.4. The summed E-state index contributed by atoms with van der Waals surface area (Å²) in [6.07, 6.45) is 1.27. The molecule has 1 amide bonds. The molecule has 0 saturated carbocycles. The summed E-state index contributed by atoms with van der Waals surface area (Å²) >= 11 is 2.98. The van der Waals surface area contributed by atoms with E-state index in [9.17, 15) is 9.59 Å². The number of halogens is 1. The van der Waals surface area contributed by atoms with Gasteiger partial charge in [-0.15, -0.1) is 0 Å². The first-order valence-electron chi connectivity index (χ1n) is 3.54. The average Bonchev–Trinajstić information content (AvgIpc) is 2.07. The van der Waals surface area contributed by atoms with E-state index in [1.54, 1.807) is 0 Å². The third-order valence-corrected chi connectivity index (χ3v) is 1.81. The molecule has 0 unspecified atom stereocenters. The SMILES string of the molecule is CC(=O)Nc1ncc(Br)c(C(=O)O)n1. The summed E-state index contributed by atoms with van der Waals surface area (Å²) in [5.74, 6) is -1.58. The smallest absolute Gasteiger partial charge is 0.355 e. The van der Waals surface area contributed by atoms with Crippen LogP contribution < -0.4 is 5.32 Å². The second-order valence-electron chi connectivity index (χ2n) is 2.38. The zero-order valence-electron chi connectivity index (χ0n) is 7.11. The monoisotopic (exact) mass is 259 g/mol. The quantitative estimate of drug-likeness (QED) is 0.823. The Balaban J connectivity index is 3.06. The van der Waals surface area contributed by atoms with Gasteiger partial charge in [0.05, 0.1) is 4.47 Å². The van der Waals surface area contributed by atoms with Crippen molar-refractivity contribution in [2.75, 3.05) is 5.32 Å². The molecular formula is C7H6BrN3O3. The molecule has 0 aliphatic heterocycles. The molecule has 1 aromatic rings. The van der Waals surface area contributed by atoms with Crippen LogP contribution in [-0.4, -0.2) is 27.0 Å². The maximum atomic E-state index is 10.6. The van der Waals surface area contributed by atoms with Crippen molar-refractivity contribution in [3.63, 3.8) is 0 Å². The lowest BCUT2D eigenvalue weighted by molar-refractivity contribution is -0.114. The molecule has 1 heterocycles. The maximum absolute atomic E-state index is 10.6. The van der Waals surface area contributed by atoms with Gasteiger partial charge in [0.15, 0.2) is 5.69 Å². The largest absolute Gasteiger partial charge is 0.476 e. The first kappa shape index (κ1) is 10.6. The maximum Gasteiger partial charge on any atom is 0.355 e. The predicted octanol–water partition coefficient (Wildman–Crippen LogP) is 0.896. The van der Waals surface area contributed by atoms with E-state index in [-0.39, 0.29) is 22.0 Å². The normalized spacial score (nSPS) is 9.57. The van der Waals surface area contributed by atoms with Crippen LogP contribution in [0.2, 0.25) is 0 Å². The van der Waals surface area contributed by atoms with Gasteiger partial charge in [-0.2, -0.15) is 0 Å². The number of nitrogens with one attached hydrogen (secondary N) is 1. The number of carbonyl (C=O) groups is 2. The van der Waals surface area contributed by atoms with E-state index in [0.717, 1.165) is 0 Å². The van der Waals surface area contributed by atoms with Gasteiger partial charge in [0.25, 0.3) is 0 Å². The minimum absolute atomic E-state index is 0.0295. The molecule has 0 aromatic carbocycles. The summed E-state index contributed by atoms with van der Waals surface area (Å²) in [6.45, 7) is 1.28. The molecule has 0 radical (unpaired) electrons. The number of carboxylic acid groups (broad SMARTS) is 1. The predicted molar refractivity (Wildman–Crippen MR) is 51.0 cm³/mol. The number of hydrogen-bond acceptors (Lipinski definition) is 4. The zero-order valence-corrected chi connectivity index (χ0v) is 8.70. The van der Waals surface area contributed by atoms with Crippen molar-refractivity contribution in [3.8, 4) is 0 Å². The van der Waals surface area contributed by atoms with Crippen molar-refractivity contribution in [2.24, 2.45) is 0 Å². The van der Waals surface area contributed by atoms with Crippen molar-refractivity contribution in [1.82, 2.24) is 9.97 Å². The number of amides is 1. The van der Waals surface area contributed by atoms with Gasteiger partial charge in [-0.25, -0.2) is 14.8 Å². The summed E-state index contributed by atoms with van der Waals surface area (Å²) in [4.78, 5) is 28.6. The number of anilines is 1. The molecule has 6 nitrogen and oxygen atoms in total. The molecule has 0 aliphatic rings. The summed E-state index contributed by atoms with van der Waals surface area (Å²) in [5.41, 5.74) is -0.191.